The average molecular weight is 143 g/mol. The Bertz CT molecular complexity index is 108. The summed E-state index contributed by atoms with van der Waals surface area (Å²) >= 11 is 0. The normalized spacial score (nSPS) is 17.6. The molecule has 0 aliphatic heterocycles. The van der Waals surface area contributed by atoms with Crippen LogP contribution in [0, 0.1) is 0 Å². The van der Waals surface area contributed by atoms with Crippen LogP contribution >= 0.6 is 0 Å². The highest BCUT2D eigenvalue weighted by atomic mass is 16.3. The molecule has 2 nitrogen and oxygen atoms in total. The van der Waals surface area contributed by atoms with Crippen molar-refractivity contribution in [3.05, 3.63) is 12.2 Å². The molecule has 2 heteroatoms. The van der Waals surface area contributed by atoms with E-state index in [1.54, 1.807) is 13.0 Å². The molecule has 0 aliphatic carbocycles. The molecule has 0 aromatic carbocycles. The van der Waals surface area contributed by atoms with E-state index in [1.807, 2.05) is 19.9 Å². The summed E-state index contributed by atoms with van der Waals surface area (Å²) in [6.45, 7) is 7.23. The van der Waals surface area contributed by atoms with Gasteiger partial charge in [-0.3, -0.25) is 0 Å². The highest BCUT2D eigenvalue weighted by Gasteiger charge is 2.13. The third-order valence-electron chi connectivity index (χ3n) is 1.26. The number of likely N-dealkylation sites (N-methyl/N-ethyl adjacent to an activating group) is 1. The van der Waals surface area contributed by atoms with Crippen molar-refractivity contribution >= 4 is 0 Å². The van der Waals surface area contributed by atoms with Gasteiger partial charge in [0.05, 0.1) is 5.60 Å². The summed E-state index contributed by atoms with van der Waals surface area (Å²) in [5, 5.41) is 12.6. The van der Waals surface area contributed by atoms with Gasteiger partial charge < -0.3 is 10.4 Å². The standard InChI is InChI=1S/C8H17NO/c1-4-6-8(3,10)7-9-5-2/h4,6,9-10H,5,7H2,1-3H3/b6-4+. The monoisotopic (exact) mass is 143 g/mol. The van der Waals surface area contributed by atoms with E-state index in [9.17, 15) is 5.11 Å². The van der Waals surface area contributed by atoms with Crippen molar-refractivity contribution in [3.63, 3.8) is 0 Å². The second-order valence-electron chi connectivity index (χ2n) is 2.64. The predicted molar refractivity (Wildman–Crippen MR) is 44.0 cm³/mol. The summed E-state index contributed by atoms with van der Waals surface area (Å²) < 4.78 is 0. The molecule has 0 bridgehead atoms. The van der Waals surface area contributed by atoms with Crippen LogP contribution in [0.1, 0.15) is 20.8 Å². The molecule has 0 aromatic rings. The maximum absolute atomic E-state index is 9.50. The van der Waals surface area contributed by atoms with Crippen molar-refractivity contribution in [1.82, 2.24) is 5.32 Å². The first-order chi connectivity index (χ1) is 4.62. The summed E-state index contributed by atoms with van der Waals surface area (Å²) in [5.41, 5.74) is -0.690. The van der Waals surface area contributed by atoms with Crippen LogP contribution < -0.4 is 5.32 Å². The Kier molecular flexibility index (Phi) is 4.32. The predicted octanol–water partition coefficient (Wildman–Crippen LogP) is 0.923. The van der Waals surface area contributed by atoms with Crippen LogP contribution in [0.2, 0.25) is 0 Å². The molecule has 0 saturated heterocycles. The molecular weight excluding hydrogens is 126 g/mol. The maximum atomic E-state index is 9.50. The smallest absolute Gasteiger partial charge is 0.0923 e. The van der Waals surface area contributed by atoms with E-state index in [0.717, 1.165) is 6.54 Å². The Hall–Kier alpha value is -0.340. The zero-order valence-corrected chi connectivity index (χ0v) is 7.02. The van der Waals surface area contributed by atoms with Gasteiger partial charge in [0.15, 0.2) is 0 Å². The van der Waals surface area contributed by atoms with Gasteiger partial charge in [0.1, 0.15) is 0 Å². The van der Waals surface area contributed by atoms with Gasteiger partial charge in [0, 0.05) is 6.54 Å². The van der Waals surface area contributed by atoms with Crippen molar-refractivity contribution in [1.29, 1.82) is 0 Å². The molecule has 0 rings (SSSR count). The molecule has 60 valence electrons. The van der Waals surface area contributed by atoms with Crippen LogP contribution in [0.15, 0.2) is 12.2 Å². The highest BCUT2D eigenvalue weighted by molar-refractivity contribution is 4.97. The van der Waals surface area contributed by atoms with Crippen LogP contribution in [0.25, 0.3) is 0 Å². The van der Waals surface area contributed by atoms with Gasteiger partial charge in [0.25, 0.3) is 0 Å². The molecular formula is C8H17NO. The maximum Gasteiger partial charge on any atom is 0.0923 e. The summed E-state index contributed by atoms with van der Waals surface area (Å²) in [6, 6.07) is 0. The van der Waals surface area contributed by atoms with E-state index in [-0.39, 0.29) is 0 Å². The van der Waals surface area contributed by atoms with Crippen molar-refractivity contribution in [2.45, 2.75) is 26.4 Å². The third-order valence-corrected chi connectivity index (χ3v) is 1.26. The van der Waals surface area contributed by atoms with Crippen LogP contribution in [0.3, 0.4) is 0 Å². The van der Waals surface area contributed by atoms with Gasteiger partial charge in [0.2, 0.25) is 0 Å². The second-order valence-corrected chi connectivity index (χ2v) is 2.64. The molecule has 10 heavy (non-hydrogen) atoms. The SMILES string of the molecule is C/C=C/C(C)(O)CNCC. The lowest BCUT2D eigenvalue weighted by Gasteiger charge is -2.18. The molecule has 0 amide bonds. The summed E-state index contributed by atoms with van der Waals surface area (Å²) in [7, 11) is 0. The molecule has 0 radical (unpaired) electrons. The lowest BCUT2D eigenvalue weighted by atomic mass is 10.1. The van der Waals surface area contributed by atoms with Gasteiger partial charge in [-0.15, -0.1) is 0 Å². The fourth-order valence-electron chi connectivity index (χ4n) is 0.796. The van der Waals surface area contributed by atoms with E-state index in [4.69, 9.17) is 0 Å². The molecule has 0 aliphatic rings. The lowest BCUT2D eigenvalue weighted by molar-refractivity contribution is 0.111. The number of allylic oxidation sites excluding steroid dienone is 1. The molecule has 0 fully saturated rings. The summed E-state index contributed by atoms with van der Waals surface area (Å²) in [4.78, 5) is 0. The Morgan fingerprint density at radius 2 is 2.20 bits per heavy atom. The molecule has 1 unspecified atom stereocenters. The molecule has 0 heterocycles. The van der Waals surface area contributed by atoms with Crippen LogP contribution in [0.4, 0.5) is 0 Å². The zero-order chi connectivity index (χ0) is 8.04. The number of hydrogen-bond donors (Lipinski definition) is 2. The number of aliphatic hydroxyl groups is 1. The first kappa shape index (κ1) is 9.66. The van der Waals surface area contributed by atoms with Gasteiger partial charge in [-0.25, -0.2) is 0 Å². The molecule has 2 N–H and O–H groups in total. The van der Waals surface area contributed by atoms with Crippen molar-refractivity contribution < 1.29 is 5.11 Å². The number of hydrogen-bond acceptors (Lipinski definition) is 2. The molecule has 1 atom stereocenters. The van der Waals surface area contributed by atoms with Crippen molar-refractivity contribution in [2.75, 3.05) is 13.1 Å². The van der Waals surface area contributed by atoms with E-state index >= 15 is 0 Å². The topological polar surface area (TPSA) is 32.3 Å². The average Bonchev–Trinajstić information content (AvgIpc) is 1.84. The minimum atomic E-state index is -0.690. The van der Waals surface area contributed by atoms with Crippen molar-refractivity contribution in [2.24, 2.45) is 0 Å². The van der Waals surface area contributed by atoms with Crippen molar-refractivity contribution in [3.8, 4) is 0 Å². The van der Waals surface area contributed by atoms with Crippen LogP contribution in [-0.2, 0) is 0 Å². The van der Waals surface area contributed by atoms with E-state index in [0.29, 0.717) is 6.54 Å². The fourth-order valence-corrected chi connectivity index (χ4v) is 0.796. The largest absolute Gasteiger partial charge is 0.385 e. The fraction of sp³-hybridized carbons (Fsp3) is 0.750. The van der Waals surface area contributed by atoms with Gasteiger partial charge >= 0.3 is 0 Å². The lowest BCUT2D eigenvalue weighted by Crippen LogP contribution is -2.35. The number of rotatable bonds is 4. The summed E-state index contributed by atoms with van der Waals surface area (Å²) in [6.07, 6.45) is 3.65. The van der Waals surface area contributed by atoms with Crippen LogP contribution in [0.5, 0.6) is 0 Å². The Balaban J connectivity index is 3.63. The van der Waals surface area contributed by atoms with Gasteiger partial charge in [-0.1, -0.05) is 19.1 Å². The molecule has 0 aromatic heterocycles. The first-order valence-electron chi connectivity index (χ1n) is 3.69. The van der Waals surface area contributed by atoms with E-state index in [2.05, 4.69) is 5.32 Å². The van der Waals surface area contributed by atoms with E-state index in [1.165, 1.54) is 0 Å². The first-order valence-corrected chi connectivity index (χ1v) is 3.69. The van der Waals surface area contributed by atoms with Gasteiger partial charge in [-0.05, 0) is 20.4 Å². The highest BCUT2D eigenvalue weighted by Crippen LogP contribution is 2.02. The van der Waals surface area contributed by atoms with Crippen LogP contribution in [-0.4, -0.2) is 23.8 Å². The Morgan fingerprint density at radius 1 is 1.60 bits per heavy atom. The minimum Gasteiger partial charge on any atom is -0.385 e. The van der Waals surface area contributed by atoms with E-state index < -0.39 is 5.60 Å². The number of nitrogens with one attached hydrogen (secondary N) is 1. The molecule has 0 spiro atoms. The molecule has 0 saturated carbocycles. The summed E-state index contributed by atoms with van der Waals surface area (Å²) in [5.74, 6) is 0. The Morgan fingerprint density at radius 3 is 2.60 bits per heavy atom. The minimum absolute atomic E-state index is 0.619. The zero-order valence-electron chi connectivity index (χ0n) is 7.02. The quantitative estimate of drug-likeness (QED) is 0.574. The Labute approximate surface area is 62.9 Å². The third kappa shape index (κ3) is 4.53. The van der Waals surface area contributed by atoms with Gasteiger partial charge in [-0.2, -0.15) is 0 Å². The second kappa shape index (κ2) is 4.47.